The molecule has 0 saturated carbocycles. The molecule has 19 heavy (non-hydrogen) atoms. The maximum absolute atomic E-state index is 13.6. The number of hydrogen-bond donors (Lipinski definition) is 0. The molecule has 0 heterocycles. The molecule has 0 spiro atoms. The van der Waals surface area contributed by atoms with Crippen molar-refractivity contribution in [1.29, 1.82) is 0 Å². The van der Waals surface area contributed by atoms with Crippen LogP contribution in [0.25, 0.3) is 0 Å². The predicted molar refractivity (Wildman–Crippen MR) is 62.4 cm³/mol. The number of nitrogens with zero attached hydrogens (tertiary/aromatic N) is 1. The third-order valence-electron chi connectivity index (χ3n) is 2.21. The van der Waals surface area contributed by atoms with Crippen molar-refractivity contribution >= 4 is 25.6 Å². The van der Waals surface area contributed by atoms with E-state index in [1.807, 2.05) is 0 Å². The largest absolute Gasteiger partial charge is 0.336 e. The van der Waals surface area contributed by atoms with E-state index in [2.05, 4.69) is 0 Å². The van der Waals surface area contributed by atoms with Crippen LogP contribution in [0.2, 0.25) is 0 Å². The zero-order valence-electron chi connectivity index (χ0n) is 9.61. The van der Waals surface area contributed by atoms with Crippen molar-refractivity contribution in [2.75, 3.05) is 13.6 Å². The molecule has 1 aromatic rings. The molecule has 9 heteroatoms. The Balaban J connectivity index is 3.07. The summed E-state index contributed by atoms with van der Waals surface area (Å²) in [7, 11) is 1.97. The summed E-state index contributed by atoms with van der Waals surface area (Å²) in [6.45, 7) is -0.853. The van der Waals surface area contributed by atoms with Crippen LogP contribution in [0, 0.1) is 5.82 Å². The molecular weight excluding hydrogens is 307 g/mol. The first-order chi connectivity index (χ1) is 8.62. The van der Waals surface area contributed by atoms with Gasteiger partial charge >= 0.3 is 0 Å². The van der Waals surface area contributed by atoms with Crippen LogP contribution in [-0.2, 0) is 9.05 Å². The van der Waals surface area contributed by atoms with E-state index in [4.69, 9.17) is 10.7 Å². The van der Waals surface area contributed by atoms with Gasteiger partial charge in [0.25, 0.3) is 21.4 Å². The van der Waals surface area contributed by atoms with E-state index >= 15 is 0 Å². The van der Waals surface area contributed by atoms with E-state index in [0.29, 0.717) is 11.0 Å². The fraction of sp³-hybridized carbons (Fsp3) is 0.300. The Bertz CT molecular complexity index is 592. The molecule has 0 saturated heterocycles. The lowest BCUT2D eigenvalue weighted by Gasteiger charge is -2.16. The number of amides is 1. The summed E-state index contributed by atoms with van der Waals surface area (Å²) in [5.41, 5.74) is -0.507. The van der Waals surface area contributed by atoms with Gasteiger partial charge in [-0.15, -0.1) is 0 Å². The first-order valence-corrected chi connectivity index (χ1v) is 7.21. The standard InChI is InChI=1S/C10H9ClF3NO3S/c1-15(5-9(13)14)10(16)7-3-2-6(4-8(7)12)19(11,17)18/h2-4,9H,5H2,1H3. The first kappa shape index (κ1) is 15.8. The normalized spacial score (nSPS) is 11.7. The number of benzene rings is 1. The van der Waals surface area contributed by atoms with Crippen molar-refractivity contribution in [2.24, 2.45) is 0 Å². The van der Waals surface area contributed by atoms with Crippen LogP contribution in [0.3, 0.4) is 0 Å². The molecule has 0 fully saturated rings. The second-order valence-electron chi connectivity index (χ2n) is 3.66. The Morgan fingerprint density at radius 3 is 2.42 bits per heavy atom. The molecule has 0 atom stereocenters. The lowest BCUT2D eigenvalue weighted by Crippen LogP contribution is -2.31. The summed E-state index contributed by atoms with van der Waals surface area (Å²) < 4.78 is 59.7. The molecule has 0 aliphatic heterocycles. The van der Waals surface area contributed by atoms with Gasteiger partial charge in [-0.1, -0.05) is 0 Å². The first-order valence-electron chi connectivity index (χ1n) is 4.90. The van der Waals surface area contributed by atoms with E-state index in [9.17, 15) is 26.4 Å². The van der Waals surface area contributed by atoms with Crippen LogP contribution in [0.4, 0.5) is 13.2 Å². The number of alkyl halides is 2. The van der Waals surface area contributed by atoms with Gasteiger partial charge in [0.05, 0.1) is 17.0 Å². The highest BCUT2D eigenvalue weighted by Crippen LogP contribution is 2.19. The molecule has 1 aromatic carbocycles. The minimum Gasteiger partial charge on any atom is -0.336 e. The summed E-state index contributed by atoms with van der Waals surface area (Å²) in [5.74, 6) is -2.12. The minimum absolute atomic E-state index is 0.507. The molecule has 106 valence electrons. The lowest BCUT2D eigenvalue weighted by molar-refractivity contribution is 0.0616. The summed E-state index contributed by atoms with van der Waals surface area (Å²) in [6, 6.07) is 2.37. The highest BCUT2D eigenvalue weighted by atomic mass is 35.7. The van der Waals surface area contributed by atoms with Gasteiger partial charge < -0.3 is 4.90 Å². The zero-order chi connectivity index (χ0) is 14.8. The maximum Gasteiger partial charge on any atom is 0.261 e. The van der Waals surface area contributed by atoms with E-state index in [-0.39, 0.29) is 0 Å². The van der Waals surface area contributed by atoms with Crippen LogP contribution in [-0.4, -0.2) is 39.2 Å². The fourth-order valence-electron chi connectivity index (χ4n) is 1.32. The van der Waals surface area contributed by atoms with Gasteiger partial charge in [0, 0.05) is 17.7 Å². The monoisotopic (exact) mass is 315 g/mol. The molecule has 0 N–H and O–H groups in total. The van der Waals surface area contributed by atoms with Crippen LogP contribution < -0.4 is 0 Å². The molecule has 0 radical (unpaired) electrons. The lowest BCUT2D eigenvalue weighted by atomic mass is 10.2. The quantitative estimate of drug-likeness (QED) is 0.800. The van der Waals surface area contributed by atoms with Gasteiger partial charge in [0.2, 0.25) is 0 Å². The average molecular weight is 316 g/mol. The zero-order valence-corrected chi connectivity index (χ0v) is 11.2. The SMILES string of the molecule is CN(CC(F)F)C(=O)c1ccc(S(=O)(=O)Cl)cc1F. The minimum atomic E-state index is -4.12. The van der Waals surface area contributed by atoms with Crippen LogP contribution in [0.15, 0.2) is 23.1 Å². The number of halogens is 4. The van der Waals surface area contributed by atoms with Crippen molar-refractivity contribution in [3.05, 3.63) is 29.6 Å². The summed E-state index contributed by atoms with van der Waals surface area (Å²) in [6.07, 6.45) is -2.75. The van der Waals surface area contributed by atoms with Gasteiger partial charge in [-0.3, -0.25) is 4.79 Å². The second-order valence-corrected chi connectivity index (χ2v) is 6.22. The molecule has 0 aliphatic rings. The molecule has 0 unspecified atom stereocenters. The average Bonchev–Trinajstić information content (AvgIpc) is 2.25. The Morgan fingerprint density at radius 2 is 2.00 bits per heavy atom. The smallest absolute Gasteiger partial charge is 0.261 e. The Morgan fingerprint density at radius 1 is 1.42 bits per heavy atom. The van der Waals surface area contributed by atoms with Gasteiger partial charge in [-0.05, 0) is 18.2 Å². The van der Waals surface area contributed by atoms with Crippen molar-refractivity contribution < 1.29 is 26.4 Å². The van der Waals surface area contributed by atoms with E-state index in [1.54, 1.807) is 0 Å². The van der Waals surface area contributed by atoms with E-state index < -0.39 is 44.2 Å². The van der Waals surface area contributed by atoms with Gasteiger partial charge in [-0.2, -0.15) is 0 Å². The molecule has 1 amide bonds. The molecule has 0 bridgehead atoms. The van der Waals surface area contributed by atoms with E-state index in [1.165, 1.54) is 0 Å². The van der Waals surface area contributed by atoms with Gasteiger partial charge in [-0.25, -0.2) is 21.6 Å². The van der Waals surface area contributed by atoms with Crippen molar-refractivity contribution in [1.82, 2.24) is 4.90 Å². The molecular formula is C10H9ClF3NO3S. The van der Waals surface area contributed by atoms with Crippen LogP contribution in [0.5, 0.6) is 0 Å². The third kappa shape index (κ3) is 4.10. The number of carbonyl (C=O) groups is 1. The van der Waals surface area contributed by atoms with Crippen molar-refractivity contribution in [3.8, 4) is 0 Å². The summed E-state index contributed by atoms with van der Waals surface area (Å²) in [5, 5.41) is 0. The highest BCUT2D eigenvalue weighted by molar-refractivity contribution is 8.13. The summed E-state index contributed by atoms with van der Waals surface area (Å²) in [4.78, 5) is 11.8. The maximum atomic E-state index is 13.6. The van der Waals surface area contributed by atoms with Crippen molar-refractivity contribution in [2.45, 2.75) is 11.3 Å². The van der Waals surface area contributed by atoms with Crippen LogP contribution >= 0.6 is 10.7 Å². The van der Waals surface area contributed by atoms with Gasteiger partial charge in [0.1, 0.15) is 5.82 Å². The third-order valence-corrected chi connectivity index (χ3v) is 3.56. The fourth-order valence-corrected chi connectivity index (χ4v) is 2.08. The molecule has 0 aliphatic carbocycles. The van der Waals surface area contributed by atoms with E-state index in [0.717, 1.165) is 19.2 Å². The number of carbonyl (C=O) groups excluding carboxylic acids is 1. The molecule has 0 aromatic heterocycles. The molecule has 1 rings (SSSR count). The highest BCUT2D eigenvalue weighted by Gasteiger charge is 2.21. The number of hydrogen-bond acceptors (Lipinski definition) is 3. The number of rotatable bonds is 4. The van der Waals surface area contributed by atoms with Crippen molar-refractivity contribution in [3.63, 3.8) is 0 Å². The Hall–Kier alpha value is -1.28. The Labute approximate surface area is 112 Å². The second kappa shape index (κ2) is 5.79. The Kier molecular flexibility index (Phi) is 4.81. The molecule has 4 nitrogen and oxygen atoms in total. The predicted octanol–water partition coefficient (Wildman–Crippen LogP) is 2.09. The topological polar surface area (TPSA) is 54.5 Å². The summed E-state index contributed by atoms with van der Waals surface area (Å²) >= 11 is 0. The van der Waals surface area contributed by atoms with Crippen LogP contribution in [0.1, 0.15) is 10.4 Å². The van der Waals surface area contributed by atoms with Gasteiger partial charge in [0.15, 0.2) is 0 Å².